The summed E-state index contributed by atoms with van der Waals surface area (Å²) >= 11 is 0. The first kappa shape index (κ1) is 38.6. The zero-order chi connectivity index (χ0) is 45.9. The van der Waals surface area contributed by atoms with Gasteiger partial charge in [-0.2, -0.15) is 0 Å². The van der Waals surface area contributed by atoms with E-state index in [2.05, 4.69) is 228 Å². The highest BCUT2D eigenvalue weighted by Gasteiger charge is 2.23. The van der Waals surface area contributed by atoms with E-state index in [1.54, 1.807) is 0 Å². The van der Waals surface area contributed by atoms with Gasteiger partial charge in [0.2, 0.25) is 0 Å². The molecule has 0 radical (unpaired) electrons. The monoisotopic (exact) mass is 889 g/mol. The largest absolute Gasteiger partial charge is 0.309 e. The van der Waals surface area contributed by atoms with E-state index >= 15 is 0 Å². The molecule has 324 valence electrons. The average molecular weight is 890 g/mol. The molecular formula is C65H39N5. The number of nitrogens with zero attached hydrogens (tertiary/aromatic N) is 5. The van der Waals surface area contributed by atoms with Crippen LogP contribution in [0.3, 0.4) is 0 Å². The molecule has 12 aromatic carbocycles. The predicted octanol–water partition coefficient (Wildman–Crippen LogP) is 16.8. The highest BCUT2D eigenvalue weighted by atomic mass is 15.1. The highest BCUT2D eigenvalue weighted by Crippen LogP contribution is 2.43. The molecule has 0 amide bonds. The molecule has 5 heteroatoms. The minimum Gasteiger partial charge on any atom is -0.309 e. The molecule has 3 heterocycles. The van der Waals surface area contributed by atoms with Crippen LogP contribution in [-0.2, 0) is 0 Å². The fourth-order valence-electron chi connectivity index (χ4n) is 11.4. The molecule has 0 fully saturated rings. The van der Waals surface area contributed by atoms with Gasteiger partial charge in [0.15, 0.2) is 17.5 Å². The van der Waals surface area contributed by atoms with Crippen LogP contribution < -0.4 is 0 Å². The first-order valence-electron chi connectivity index (χ1n) is 23.8. The van der Waals surface area contributed by atoms with Gasteiger partial charge < -0.3 is 9.13 Å². The fraction of sp³-hybridized carbons (Fsp3) is 0. The van der Waals surface area contributed by atoms with Gasteiger partial charge in [-0.3, -0.25) is 0 Å². The van der Waals surface area contributed by atoms with Gasteiger partial charge in [-0.25, -0.2) is 15.0 Å². The maximum Gasteiger partial charge on any atom is 0.166 e. The summed E-state index contributed by atoms with van der Waals surface area (Å²) in [4.78, 5) is 16.2. The second-order valence-corrected chi connectivity index (χ2v) is 18.3. The smallest absolute Gasteiger partial charge is 0.166 e. The van der Waals surface area contributed by atoms with Crippen molar-refractivity contribution in [3.63, 3.8) is 0 Å². The van der Waals surface area contributed by atoms with E-state index in [4.69, 9.17) is 15.0 Å². The summed E-state index contributed by atoms with van der Waals surface area (Å²) in [5.41, 5.74) is 9.58. The van der Waals surface area contributed by atoms with Gasteiger partial charge >= 0.3 is 0 Å². The van der Waals surface area contributed by atoms with Crippen LogP contribution in [0.15, 0.2) is 237 Å². The third kappa shape index (κ3) is 5.76. The van der Waals surface area contributed by atoms with Crippen LogP contribution in [0.25, 0.3) is 143 Å². The van der Waals surface area contributed by atoms with E-state index in [9.17, 15) is 0 Å². The topological polar surface area (TPSA) is 48.5 Å². The van der Waals surface area contributed by atoms with Gasteiger partial charge in [0.1, 0.15) is 0 Å². The first-order valence-corrected chi connectivity index (χ1v) is 23.8. The molecule has 0 saturated heterocycles. The molecule has 0 N–H and O–H groups in total. The summed E-state index contributed by atoms with van der Waals surface area (Å²) in [7, 11) is 0. The lowest BCUT2D eigenvalue weighted by molar-refractivity contribution is 1.07. The number of aromatic nitrogens is 5. The van der Waals surface area contributed by atoms with Crippen LogP contribution in [0.4, 0.5) is 0 Å². The lowest BCUT2D eigenvalue weighted by Gasteiger charge is -2.17. The number of benzene rings is 12. The number of hydrogen-bond acceptors (Lipinski definition) is 3. The Balaban J connectivity index is 0.977. The lowest BCUT2D eigenvalue weighted by Crippen LogP contribution is -2.04. The Morgan fingerprint density at radius 3 is 1.70 bits per heavy atom. The summed E-state index contributed by atoms with van der Waals surface area (Å²) in [5.74, 6) is 1.87. The SMILES string of the molecule is c1ccc(-c2nc(-c3c(-n4c5ccccc5c5cc6cc(-n7c8ccccc8c8c9ccccc9ccc87)ccc6cc54)ccc4ccccc34)nc(-c3cccc4c3ccc3ccccc34)n2)cc1. The van der Waals surface area contributed by atoms with Gasteiger partial charge in [0.05, 0.1) is 33.3 Å². The Hall–Kier alpha value is -9.45. The fourth-order valence-corrected chi connectivity index (χ4v) is 11.4. The molecule has 0 spiro atoms. The van der Waals surface area contributed by atoms with Crippen molar-refractivity contribution in [2.24, 2.45) is 0 Å². The van der Waals surface area contributed by atoms with Gasteiger partial charge in [-0.1, -0.05) is 188 Å². The van der Waals surface area contributed by atoms with E-state index in [-0.39, 0.29) is 0 Å². The molecule has 0 aliphatic heterocycles. The van der Waals surface area contributed by atoms with Crippen molar-refractivity contribution < 1.29 is 0 Å². The molecule has 3 aromatic heterocycles. The number of fused-ring (bicyclic) bond motifs is 13. The Kier molecular flexibility index (Phi) is 8.29. The van der Waals surface area contributed by atoms with Gasteiger partial charge in [-0.15, -0.1) is 0 Å². The van der Waals surface area contributed by atoms with Crippen molar-refractivity contribution in [3.8, 4) is 45.5 Å². The zero-order valence-corrected chi connectivity index (χ0v) is 37.8. The van der Waals surface area contributed by atoms with Crippen molar-refractivity contribution in [2.45, 2.75) is 0 Å². The Morgan fingerprint density at radius 1 is 0.271 bits per heavy atom. The minimum atomic E-state index is 0.615. The number of rotatable bonds is 5. The van der Waals surface area contributed by atoms with E-state index < -0.39 is 0 Å². The van der Waals surface area contributed by atoms with Crippen molar-refractivity contribution in [3.05, 3.63) is 237 Å². The average Bonchev–Trinajstić information content (AvgIpc) is 3.94. The van der Waals surface area contributed by atoms with Crippen LogP contribution in [0.5, 0.6) is 0 Å². The standard InChI is InChI=1S/C65H39N5/c1-2-18-43(19-3-1)63-66-64(53-26-14-25-50-47-20-7-4-15-40(47)30-34-51(50)53)68-65(67-63)62-49-22-9-6-17-42(49)32-36-59(62)70-56-27-12-10-23-52(56)55-38-45-37-46(33-29-44(45)39-60(55)70)69-57-28-13-11-24-54(57)61-48-21-8-5-16-41(48)31-35-58(61)69/h1-39H. The Labute approximate surface area is 401 Å². The van der Waals surface area contributed by atoms with E-state index in [0.717, 1.165) is 66.0 Å². The Bertz CT molecular complexity index is 4660. The molecule has 0 aliphatic carbocycles. The van der Waals surface area contributed by atoms with E-state index in [0.29, 0.717) is 17.5 Å². The minimum absolute atomic E-state index is 0.615. The molecule has 0 aliphatic rings. The van der Waals surface area contributed by atoms with E-state index in [1.807, 2.05) is 18.2 Å². The van der Waals surface area contributed by atoms with Crippen molar-refractivity contribution in [2.75, 3.05) is 0 Å². The summed E-state index contributed by atoms with van der Waals surface area (Å²) in [6.45, 7) is 0. The Morgan fingerprint density at radius 2 is 0.871 bits per heavy atom. The summed E-state index contributed by atoms with van der Waals surface area (Å²) in [6, 6.07) is 85.2. The van der Waals surface area contributed by atoms with E-state index in [1.165, 1.54) is 59.5 Å². The second-order valence-electron chi connectivity index (χ2n) is 18.3. The van der Waals surface area contributed by atoms with Crippen molar-refractivity contribution in [1.29, 1.82) is 0 Å². The highest BCUT2D eigenvalue weighted by molar-refractivity contribution is 6.22. The molecule has 0 atom stereocenters. The zero-order valence-electron chi connectivity index (χ0n) is 37.8. The predicted molar refractivity (Wildman–Crippen MR) is 292 cm³/mol. The third-order valence-electron chi connectivity index (χ3n) is 14.5. The second kappa shape index (κ2) is 15.0. The van der Waals surface area contributed by atoms with Crippen molar-refractivity contribution >= 4 is 97.5 Å². The lowest BCUT2D eigenvalue weighted by atomic mass is 9.98. The molecule has 0 bridgehead atoms. The van der Waals surface area contributed by atoms with Crippen LogP contribution in [0.2, 0.25) is 0 Å². The maximum absolute atomic E-state index is 5.52. The van der Waals surface area contributed by atoms with Crippen molar-refractivity contribution in [1.82, 2.24) is 24.1 Å². The number of hydrogen-bond donors (Lipinski definition) is 0. The molecule has 15 aromatic rings. The first-order chi connectivity index (χ1) is 34.7. The molecule has 70 heavy (non-hydrogen) atoms. The quantitative estimate of drug-likeness (QED) is 0.162. The molecule has 0 unspecified atom stereocenters. The van der Waals surface area contributed by atoms with Gasteiger partial charge in [0, 0.05) is 38.4 Å². The summed E-state index contributed by atoms with van der Waals surface area (Å²) in [5, 5.41) is 16.6. The summed E-state index contributed by atoms with van der Waals surface area (Å²) in [6.07, 6.45) is 0. The molecular weight excluding hydrogens is 851 g/mol. The van der Waals surface area contributed by atoms with Crippen LogP contribution in [-0.4, -0.2) is 24.1 Å². The molecule has 0 saturated carbocycles. The third-order valence-corrected chi connectivity index (χ3v) is 14.5. The summed E-state index contributed by atoms with van der Waals surface area (Å²) < 4.78 is 4.85. The van der Waals surface area contributed by atoms with Crippen LogP contribution in [0, 0.1) is 0 Å². The maximum atomic E-state index is 5.52. The van der Waals surface area contributed by atoms with Gasteiger partial charge in [-0.05, 0) is 102 Å². The van der Waals surface area contributed by atoms with Crippen LogP contribution >= 0.6 is 0 Å². The van der Waals surface area contributed by atoms with Crippen LogP contribution in [0.1, 0.15) is 0 Å². The normalized spacial score (nSPS) is 12.0. The molecule has 5 nitrogen and oxygen atoms in total. The number of para-hydroxylation sites is 2. The molecule has 15 rings (SSSR count). The van der Waals surface area contributed by atoms with Gasteiger partial charge in [0.25, 0.3) is 0 Å².